The number of aliphatic hydroxyl groups is 1. The summed E-state index contributed by atoms with van der Waals surface area (Å²) in [5.41, 5.74) is 4.60. The van der Waals surface area contributed by atoms with Gasteiger partial charge >= 0.3 is 0 Å². The Morgan fingerprint density at radius 3 is 2.76 bits per heavy atom. The summed E-state index contributed by atoms with van der Waals surface area (Å²) in [4.78, 5) is 4.67. The fourth-order valence-electron chi connectivity index (χ4n) is 4.33. The summed E-state index contributed by atoms with van der Waals surface area (Å²) < 4.78 is 14.7. The Bertz CT molecular complexity index is 1010. The Balaban J connectivity index is 1.37. The van der Waals surface area contributed by atoms with Crippen LogP contribution in [0.5, 0.6) is 5.75 Å². The molecule has 0 unspecified atom stereocenters. The van der Waals surface area contributed by atoms with Crippen molar-refractivity contribution in [2.75, 3.05) is 33.3 Å². The fourth-order valence-corrected chi connectivity index (χ4v) is 4.85. The second kappa shape index (κ2) is 7.65. The van der Waals surface area contributed by atoms with Crippen LogP contribution in [-0.2, 0) is 18.7 Å². The van der Waals surface area contributed by atoms with Crippen molar-refractivity contribution < 1.29 is 9.84 Å². The van der Waals surface area contributed by atoms with Crippen molar-refractivity contribution in [3.63, 3.8) is 0 Å². The number of ether oxygens (including phenoxy) is 1. The van der Waals surface area contributed by atoms with Gasteiger partial charge in [-0.25, -0.2) is 0 Å². The van der Waals surface area contributed by atoms with E-state index >= 15 is 0 Å². The average Bonchev–Trinajstić information content (AvgIpc) is 3.09. The normalized spacial score (nSPS) is 20.2. The second-order valence-electron chi connectivity index (χ2n) is 8.30. The summed E-state index contributed by atoms with van der Waals surface area (Å²) >= 11 is 1.26. The molecule has 152 valence electrons. The molecule has 2 aromatic carbocycles. The van der Waals surface area contributed by atoms with E-state index in [0.29, 0.717) is 6.61 Å². The number of rotatable bonds is 3. The highest BCUT2D eigenvalue weighted by Crippen LogP contribution is 2.36. The molecule has 0 amide bonds. The zero-order valence-electron chi connectivity index (χ0n) is 16.7. The third-order valence-electron chi connectivity index (χ3n) is 6.20. The van der Waals surface area contributed by atoms with Crippen LogP contribution in [0.2, 0.25) is 0 Å². The topological polar surface area (TPSA) is 61.7 Å². The standard InChI is InChI=1S/C22H26N4O2S/c1-25-8-6-22(27,7-9-25)18-3-5-21-17(13-18)15-26(10-11-28-21)14-16-2-4-19-20(12-16)24-29-23-19/h2-5,12-13,27H,6-11,14-15H2,1H3. The zero-order chi connectivity index (χ0) is 19.8. The highest BCUT2D eigenvalue weighted by molar-refractivity contribution is 7.00. The predicted octanol–water partition coefficient (Wildman–Crippen LogP) is 3.00. The molecule has 1 aromatic heterocycles. The first kappa shape index (κ1) is 18.9. The molecule has 0 radical (unpaired) electrons. The Labute approximate surface area is 175 Å². The van der Waals surface area contributed by atoms with Crippen molar-refractivity contribution in [3.05, 3.63) is 53.1 Å². The lowest BCUT2D eigenvalue weighted by atomic mass is 9.84. The van der Waals surface area contributed by atoms with Gasteiger partial charge < -0.3 is 14.7 Å². The molecule has 7 heteroatoms. The summed E-state index contributed by atoms with van der Waals surface area (Å²) in [6.07, 6.45) is 1.54. The third kappa shape index (κ3) is 3.88. The lowest BCUT2D eigenvalue weighted by Crippen LogP contribution is -2.40. The van der Waals surface area contributed by atoms with Crippen LogP contribution in [0, 0.1) is 0 Å². The molecular formula is C22H26N4O2S. The Morgan fingerprint density at radius 2 is 1.90 bits per heavy atom. The Kier molecular flexibility index (Phi) is 4.99. The molecule has 5 rings (SSSR count). The number of aromatic nitrogens is 2. The van der Waals surface area contributed by atoms with Gasteiger partial charge in [0.05, 0.1) is 17.3 Å². The first-order valence-electron chi connectivity index (χ1n) is 10.2. The van der Waals surface area contributed by atoms with Crippen LogP contribution >= 0.6 is 11.7 Å². The number of hydrogen-bond acceptors (Lipinski definition) is 7. The van der Waals surface area contributed by atoms with Gasteiger partial charge in [0.25, 0.3) is 0 Å². The van der Waals surface area contributed by atoms with E-state index in [1.807, 2.05) is 18.2 Å². The molecular weight excluding hydrogens is 384 g/mol. The van der Waals surface area contributed by atoms with E-state index in [1.54, 1.807) is 0 Å². The van der Waals surface area contributed by atoms with Gasteiger partial charge in [-0.1, -0.05) is 12.1 Å². The monoisotopic (exact) mass is 410 g/mol. The van der Waals surface area contributed by atoms with E-state index in [-0.39, 0.29) is 0 Å². The van der Waals surface area contributed by atoms with Crippen LogP contribution < -0.4 is 4.74 Å². The van der Waals surface area contributed by atoms with E-state index in [1.165, 1.54) is 17.3 Å². The lowest BCUT2D eigenvalue weighted by Gasteiger charge is -2.37. The molecule has 0 spiro atoms. The van der Waals surface area contributed by atoms with Crippen molar-refractivity contribution >= 4 is 22.8 Å². The maximum Gasteiger partial charge on any atom is 0.123 e. The number of fused-ring (bicyclic) bond motifs is 2. The van der Waals surface area contributed by atoms with E-state index in [9.17, 15) is 5.11 Å². The second-order valence-corrected chi connectivity index (χ2v) is 8.83. The van der Waals surface area contributed by atoms with Gasteiger partial charge in [-0.15, -0.1) is 0 Å². The smallest absolute Gasteiger partial charge is 0.123 e. The van der Waals surface area contributed by atoms with Crippen LogP contribution in [-0.4, -0.2) is 56.9 Å². The minimum absolute atomic E-state index is 0.669. The first-order chi connectivity index (χ1) is 14.1. The van der Waals surface area contributed by atoms with Crippen LogP contribution in [0.1, 0.15) is 29.5 Å². The molecule has 0 atom stereocenters. The number of hydrogen-bond donors (Lipinski definition) is 1. The minimum atomic E-state index is -0.735. The van der Waals surface area contributed by atoms with Crippen LogP contribution in [0.3, 0.4) is 0 Å². The van der Waals surface area contributed by atoms with Gasteiger partial charge in [-0.3, -0.25) is 4.90 Å². The van der Waals surface area contributed by atoms with Crippen LogP contribution in [0.4, 0.5) is 0 Å². The van der Waals surface area contributed by atoms with Crippen molar-refractivity contribution in [2.45, 2.75) is 31.5 Å². The van der Waals surface area contributed by atoms with Gasteiger partial charge in [-0.2, -0.15) is 8.75 Å². The maximum absolute atomic E-state index is 11.2. The molecule has 6 nitrogen and oxygen atoms in total. The molecule has 29 heavy (non-hydrogen) atoms. The quantitative estimate of drug-likeness (QED) is 0.716. The predicted molar refractivity (Wildman–Crippen MR) is 114 cm³/mol. The fraction of sp³-hybridized carbons (Fsp3) is 0.455. The van der Waals surface area contributed by atoms with E-state index < -0.39 is 5.60 Å². The van der Waals surface area contributed by atoms with Crippen molar-refractivity contribution in [1.29, 1.82) is 0 Å². The van der Waals surface area contributed by atoms with Gasteiger partial charge in [0, 0.05) is 38.3 Å². The van der Waals surface area contributed by atoms with Gasteiger partial charge in [0.2, 0.25) is 0 Å². The van der Waals surface area contributed by atoms with Crippen LogP contribution in [0.15, 0.2) is 36.4 Å². The van der Waals surface area contributed by atoms with Gasteiger partial charge in [0.1, 0.15) is 23.4 Å². The highest BCUT2D eigenvalue weighted by atomic mass is 32.1. The first-order valence-corrected chi connectivity index (χ1v) is 10.9. The van der Waals surface area contributed by atoms with Crippen molar-refractivity contribution in [1.82, 2.24) is 18.5 Å². The third-order valence-corrected chi connectivity index (χ3v) is 6.75. The molecule has 3 aromatic rings. The summed E-state index contributed by atoms with van der Waals surface area (Å²) in [6, 6.07) is 12.5. The average molecular weight is 411 g/mol. The summed E-state index contributed by atoms with van der Waals surface area (Å²) in [5.74, 6) is 0.937. The molecule has 0 bridgehead atoms. The van der Waals surface area contributed by atoms with Crippen LogP contribution in [0.25, 0.3) is 11.0 Å². The lowest BCUT2D eigenvalue weighted by molar-refractivity contribution is -0.0204. The molecule has 2 aliphatic rings. The molecule has 0 aliphatic carbocycles. The number of benzene rings is 2. The minimum Gasteiger partial charge on any atom is -0.492 e. The van der Waals surface area contributed by atoms with Gasteiger partial charge in [0.15, 0.2) is 0 Å². The molecule has 3 heterocycles. The van der Waals surface area contributed by atoms with Gasteiger partial charge in [-0.05, 0) is 55.3 Å². The molecule has 0 saturated carbocycles. The molecule has 2 aliphatic heterocycles. The molecule has 1 N–H and O–H groups in total. The molecule has 1 fully saturated rings. The Hall–Kier alpha value is -2.06. The van der Waals surface area contributed by atoms with E-state index in [4.69, 9.17) is 4.74 Å². The number of likely N-dealkylation sites (tertiary alicyclic amines) is 1. The SMILES string of the molecule is CN1CCC(O)(c2ccc3c(c2)CN(Cc2ccc4nsnc4c2)CCO3)CC1. The summed E-state index contributed by atoms with van der Waals surface area (Å²) in [6.45, 7) is 5.03. The summed E-state index contributed by atoms with van der Waals surface area (Å²) in [7, 11) is 2.11. The maximum atomic E-state index is 11.2. The van der Waals surface area contributed by atoms with E-state index in [0.717, 1.165) is 73.5 Å². The zero-order valence-corrected chi connectivity index (χ0v) is 17.5. The highest BCUT2D eigenvalue weighted by Gasteiger charge is 2.33. The summed E-state index contributed by atoms with van der Waals surface area (Å²) in [5, 5.41) is 11.2. The van der Waals surface area contributed by atoms with Crippen molar-refractivity contribution in [3.8, 4) is 5.75 Å². The van der Waals surface area contributed by atoms with E-state index in [2.05, 4.69) is 43.8 Å². The largest absolute Gasteiger partial charge is 0.492 e. The number of nitrogens with zero attached hydrogens (tertiary/aromatic N) is 4. The van der Waals surface area contributed by atoms with Crippen molar-refractivity contribution in [2.24, 2.45) is 0 Å². The Morgan fingerprint density at radius 1 is 1.07 bits per heavy atom. The molecule has 1 saturated heterocycles. The number of piperidine rings is 1.